The van der Waals surface area contributed by atoms with Crippen molar-refractivity contribution < 1.29 is 22.7 Å². The normalized spacial score (nSPS) is 11.2. The van der Waals surface area contributed by atoms with Crippen LogP contribution in [-0.2, 0) is 10.0 Å². The van der Waals surface area contributed by atoms with Gasteiger partial charge in [-0.2, -0.15) is 5.10 Å². The van der Waals surface area contributed by atoms with Gasteiger partial charge in [0.2, 0.25) is 0 Å². The Morgan fingerprint density at radius 3 is 2.05 bits per heavy atom. The van der Waals surface area contributed by atoms with Crippen LogP contribution in [0.5, 0.6) is 5.75 Å². The Labute approximate surface area is 218 Å². The Kier molecular flexibility index (Phi) is 7.97. The van der Waals surface area contributed by atoms with Crippen LogP contribution in [-0.4, -0.2) is 26.5 Å². The van der Waals surface area contributed by atoms with Gasteiger partial charge < -0.3 is 4.74 Å². The van der Waals surface area contributed by atoms with Crippen molar-refractivity contribution in [2.45, 2.75) is 4.90 Å². The van der Waals surface area contributed by atoms with E-state index in [0.29, 0.717) is 33.1 Å². The van der Waals surface area contributed by atoms with Crippen molar-refractivity contribution in [2.24, 2.45) is 5.10 Å². The maximum atomic E-state index is 12.4. The molecule has 0 aliphatic rings. The first-order valence-electron chi connectivity index (χ1n) is 10.9. The molecule has 0 spiro atoms. The molecule has 0 aliphatic carbocycles. The second-order valence-electron chi connectivity index (χ2n) is 7.66. The van der Waals surface area contributed by atoms with E-state index in [4.69, 9.17) is 16.3 Å². The lowest BCUT2D eigenvalue weighted by Crippen LogP contribution is -2.18. The third-order valence-electron chi connectivity index (χ3n) is 5.00. The van der Waals surface area contributed by atoms with Gasteiger partial charge >= 0.3 is 5.97 Å². The second-order valence-corrected chi connectivity index (χ2v) is 9.78. The van der Waals surface area contributed by atoms with Crippen LogP contribution in [0.3, 0.4) is 0 Å². The number of nitrogens with zero attached hydrogens (tertiary/aromatic N) is 1. The molecule has 8 nitrogen and oxygen atoms in total. The molecule has 4 aromatic carbocycles. The number of esters is 1. The number of carbonyl (C=O) groups is 2. The van der Waals surface area contributed by atoms with Gasteiger partial charge in [0.05, 0.1) is 16.7 Å². The molecule has 4 rings (SSSR count). The first-order valence-corrected chi connectivity index (χ1v) is 12.8. The van der Waals surface area contributed by atoms with Gasteiger partial charge in [0, 0.05) is 16.3 Å². The number of anilines is 1. The fourth-order valence-electron chi connectivity index (χ4n) is 3.11. The quantitative estimate of drug-likeness (QED) is 0.141. The molecular formula is C27H20ClN3O5S. The first kappa shape index (κ1) is 25.6. The lowest BCUT2D eigenvalue weighted by atomic mass is 10.2. The van der Waals surface area contributed by atoms with Crippen LogP contribution in [0.1, 0.15) is 26.3 Å². The van der Waals surface area contributed by atoms with Crippen molar-refractivity contribution in [3.05, 3.63) is 125 Å². The van der Waals surface area contributed by atoms with Crippen LogP contribution in [0.15, 0.2) is 113 Å². The Hall–Kier alpha value is -4.47. The van der Waals surface area contributed by atoms with Crippen molar-refractivity contribution in [1.29, 1.82) is 0 Å². The summed E-state index contributed by atoms with van der Waals surface area (Å²) in [6.45, 7) is 0. The zero-order valence-electron chi connectivity index (χ0n) is 19.2. The first-order chi connectivity index (χ1) is 17.8. The summed E-state index contributed by atoms with van der Waals surface area (Å²) in [5.41, 5.74) is 4.06. The molecule has 0 aliphatic heterocycles. The van der Waals surface area contributed by atoms with Gasteiger partial charge in [-0.25, -0.2) is 18.6 Å². The molecule has 0 atom stereocenters. The molecule has 10 heteroatoms. The molecule has 0 saturated heterocycles. The van der Waals surface area contributed by atoms with Crippen LogP contribution in [0, 0.1) is 0 Å². The highest BCUT2D eigenvalue weighted by Crippen LogP contribution is 2.17. The highest BCUT2D eigenvalue weighted by Gasteiger charge is 2.14. The SMILES string of the molecule is O=C(N/N=C/c1ccc(OC(=O)c2ccc(Cl)cc2)cc1)c1ccc(NS(=O)(=O)c2ccccc2)cc1. The maximum absolute atomic E-state index is 12.4. The number of hydrogen-bond donors (Lipinski definition) is 2. The van der Waals surface area contributed by atoms with E-state index in [0.717, 1.165) is 0 Å². The summed E-state index contributed by atoms with van der Waals surface area (Å²) in [7, 11) is -3.72. The van der Waals surface area contributed by atoms with Crippen LogP contribution in [0.25, 0.3) is 0 Å². The highest BCUT2D eigenvalue weighted by atomic mass is 35.5. The minimum Gasteiger partial charge on any atom is -0.423 e. The number of amides is 1. The average molecular weight is 534 g/mol. The van der Waals surface area contributed by atoms with Crippen LogP contribution < -0.4 is 14.9 Å². The molecule has 37 heavy (non-hydrogen) atoms. The van der Waals surface area contributed by atoms with Crippen LogP contribution >= 0.6 is 11.6 Å². The van der Waals surface area contributed by atoms with E-state index in [-0.39, 0.29) is 4.90 Å². The zero-order valence-corrected chi connectivity index (χ0v) is 20.7. The van der Waals surface area contributed by atoms with Gasteiger partial charge in [-0.15, -0.1) is 0 Å². The molecule has 0 fully saturated rings. The number of nitrogens with one attached hydrogen (secondary N) is 2. The Balaban J connectivity index is 1.30. The molecule has 0 unspecified atom stereocenters. The number of sulfonamides is 1. The Morgan fingerprint density at radius 2 is 1.41 bits per heavy atom. The minimum atomic E-state index is -3.72. The number of hydrogen-bond acceptors (Lipinski definition) is 6. The smallest absolute Gasteiger partial charge is 0.343 e. The minimum absolute atomic E-state index is 0.138. The summed E-state index contributed by atoms with van der Waals surface area (Å²) in [5, 5.41) is 4.45. The van der Waals surface area contributed by atoms with Gasteiger partial charge in [0.1, 0.15) is 5.75 Å². The number of ether oxygens (including phenoxy) is 1. The lowest BCUT2D eigenvalue weighted by Gasteiger charge is -2.08. The van der Waals surface area contributed by atoms with Gasteiger partial charge in [-0.1, -0.05) is 29.8 Å². The lowest BCUT2D eigenvalue weighted by molar-refractivity contribution is 0.0734. The molecule has 0 heterocycles. The van der Waals surface area contributed by atoms with E-state index in [1.54, 1.807) is 66.7 Å². The molecule has 1 amide bonds. The standard InChI is InChI=1S/C27H20ClN3O5S/c28-22-12-8-21(9-13-22)27(33)36-24-16-6-19(7-17-24)18-29-30-26(32)20-10-14-23(15-11-20)31-37(34,35)25-4-2-1-3-5-25/h1-18,31H,(H,30,32)/b29-18+. The van der Waals surface area contributed by atoms with Gasteiger partial charge in [-0.05, 0) is 90.5 Å². The number of hydrazone groups is 1. The summed E-state index contributed by atoms with van der Waals surface area (Å²) in [6.07, 6.45) is 1.44. The number of rotatable bonds is 8. The Bertz CT molecular complexity index is 1520. The van der Waals surface area contributed by atoms with Crippen molar-refractivity contribution in [2.75, 3.05) is 4.72 Å². The van der Waals surface area contributed by atoms with E-state index >= 15 is 0 Å². The van der Waals surface area contributed by atoms with E-state index in [9.17, 15) is 18.0 Å². The molecule has 0 bridgehead atoms. The third kappa shape index (κ3) is 7.03. The predicted octanol–water partition coefficient (Wildman–Crippen LogP) is 5.12. The summed E-state index contributed by atoms with van der Waals surface area (Å²) in [4.78, 5) is 24.7. The summed E-state index contributed by atoms with van der Waals surface area (Å²) in [6, 6.07) is 26.8. The average Bonchev–Trinajstić information content (AvgIpc) is 2.90. The van der Waals surface area contributed by atoms with Gasteiger partial charge in [0.15, 0.2) is 0 Å². The summed E-state index contributed by atoms with van der Waals surface area (Å²) < 4.78 is 32.6. The topological polar surface area (TPSA) is 114 Å². The molecule has 2 N–H and O–H groups in total. The third-order valence-corrected chi connectivity index (χ3v) is 6.65. The maximum Gasteiger partial charge on any atom is 0.343 e. The molecule has 0 aromatic heterocycles. The van der Waals surface area contributed by atoms with Crippen LogP contribution in [0.2, 0.25) is 5.02 Å². The van der Waals surface area contributed by atoms with E-state index in [1.807, 2.05) is 0 Å². The largest absolute Gasteiger partial charge is 0.423 e. The fraction of sp³-hybridized carbons (Fsp3) is 0. The number of halogens is 1. The summed E-state index contributed by atoms with van der Waals surface area (Å²) in [5.74, 6) is -0.629. The van der Waals surface area contributed by atoms with Crippen molar-refractivity contribution in [3.8, 4) is 5.75 Å². The van der Waals surface area contributed by atoms with Gasteiger partial charge in [-0.3, -0.25) is 9.52 Å². The molecule has 0 saturated carbocycles. The molecule has 186 valence electrons. The molecule has 0 radical (unpaired) electrons. The molecule has 4 aromatic rings. The fourth-order valence-corrected chi connectivity index (χ4v) is 4.31. The van der Waals surface area contributed by atoms with E-state index < -0.39 is 21.9 Å². The summed E-state index contributed by atoms with van der Waals surface area (Å²) >= 11 is 5.82. The second kappa shape index (κ2) is 11.5. The van der Waals surface area contributed by atoms with Crippen molar-refractivity contribution in [3.63, 3.8) is 0 Å². The highest BCUT2D eigenvalue weighted by molar-refractivity contribution is 7.92. The molecular weight excluding hydrogens is 514 g/mol. The van der Waals surface area contributed by atoms with Gasteiger partial charge in [0.25, 0.3) is 15.9 Å². The van der Waals surface area contributed by atoms with Crippen molar-refractivity contribution in [1.82, 2.24) is 5.43 Å². The van der Waals surface area contributed by atoms with E-state index in [1.165, 1.54) is 42.6 Å². The Morgan fingerprint density at radius 1 is 0.784 bits per heavy atom. The van der Waals surface area contributed by atoms with Crippen molar-refractivity contribution >= 4 is 45.4 Å². The van der Waals surface area contributed by atoms with E-state index in [2.05, 4.69) is 15.2 Å². The number of benzene rings is 4. The zero-order chi connectivity index (χ0) is 26.3. The monoisotopic (exact) mass is 533 g/mol. The predicted molar refractivity (Wildman–Crippen MR) is 142 cm³/mol. The van der Waals surface area contributed by atoms with Crippen LogP contribution in [0.4, 0.5) is 5.69 Å². The number of carbonyl (C=O) groups excluding carboxylic acids is 2.